The van der Waals surface area contributed by atoms with E-state index in [1.165, 1.54) is 11.8 Å². The Morgan fingerprint density at radius 3 is 2.79 bits per heavy atom. The molecule has 0 fully saturated rings. The maximum Gasteiger partial charge on any atom is 0.234 e. The Morgan fingerprint density at radius 1 is 1.37 bits per heavy atom. The lowest BCUT2D eigenvalue weighted by Gasteiger charge is -2.09. The minimum absolute atomic E-state index is 0.0893. The number of ether oxygens (including phenoxy) is 1. The Labute approximate surface area is 116 Å². The van der Waals surface area contributed by atoms with E-state index < -0.39 is 0 Å². The molecular weight excluding hydrogens is 264 g/mol. The zero-order valence-corrected chi connectivity index (χ0v) is 11.7. The molecule has 0 aromatic heterocycles. The van der Waals surface area contributed by atoms with Crippen LogP contribution in [0.3, 0.4) is 0 Å². The lowest BCUT2D eigenvalue weighted by Crippen LogP contribution is -2.15. The fraction of sp³-hybridized carbons (Fsp3) is 0.385. The number of hydrogen-bond donors (Lipinski definition) is 2. The van der Waals surface area contributed by atoms with Crippen LogP contribution in [-0.4, -0.2) is 30.4 Å². The number of rotatable bonds is 8. The van der Waals surface area contributed by atoms with Gasteiger partial charge < -0.3 is 15.8 Å². The number of amides is 2. The first-order chi connectivity index (χ1) is 9.13. The van der Waals surface area contributed by atoms with Crippen molar-refractivity contribution < 1.29 is 14.3 Å². The molecule has 104 valence electrons. The van der Waals surface area contributed by atoms with Crippen molar-refractivity contribution in [2.24, 2.45) is 5.73 Å². The molecule has 1 aromatic carbocycles. The molecule has 0 radical (unpaired) electrons. The van der Waals surface area contributed by atoms with Gasteiger partial charge in [-0.3, -0.25) is 9.59 Å². The van der Waals surface area contributed by atoms with Gasteiger partial charge in [0.05, 0.1) is 18.6 Å². The molecule has 0 heterocycles. The summed E-state index contributed by atoms with van der Waals surface area (Å²) < 4.78 is 5.14. The Hall–Kier alpha value is -1.69. The van der Waals surface area contributed by atoms with Crippen LogP contribution in [-0.2, 0) is 9.59 Å². The fourth-order valence-electron chi connectivity index (χ4n) is 1.45. The third-order valence-electron chi connectivity index (χ3n) is 2.33. The summed E-state index contributed by atoms with van der Waals surface area (Å²) >= 11 is 1.48. The fourth-order valence-corrected chi connectivity index (χ4v) is 2.20. The van der Waals surface area contributed by atoms with E-state index in [1.54, 1.807) is 19.2 Å². The van der Waals surface area contributed by atoms with Crippen LogP contribution in [0.1, 0.15) is 12.8 Å². The predicted octanol–water partition coefficient (Wildman–Crippen LogP) is 1.63. The average molecular weight is 282 g/mol. The molecule has 6 heteroatoms. The summed E-state index contributed by atoms with van der Waals surface area (Å²) in [6, 6.07) is 7.25. The van der Waals surface area contributed by atoms with E-state index in [2.05, 4.69) is 5.32 Å². The topological polar surface area (TPSA) is 81.4 Å². The molecule has 0 spiro atoms. The van der Waals surface area contributed by atoms with Crippen molar-refractivity contribution >= 4 is 29.3 Å². The number of nitrogens with two attached hydrogens (primary N) is 1. The molecule has 3 N–H and O–H groups in total. The van der Waals surface area contributed by atoms with Gasteiger partial charge in [-0.2, -0.15) is 11.8 Å². The van der Waals surface area contributed by atoms with Crippen LogP contribution < -0.4 is 15.8 Å². The first-order valence-electron chi connectivity index (χ1n) is 5.92. The largest absolute Gasteiger partial charge is 0.495 e. The Kier molecular flexibility index (Phi) is 6.81. The molecule has 1 aromatic rings. The van der Waals surface area contributed by atoms with Crippen molar-refractivity contribution in [1.82, 2.24) is 0 Å². The Bertz CT molecular complexity index is 438. The van der Waals surface area contributed by atoms with Gasteiger partial charge in [0.2, 0.25) is 11.8 Å². The molecule has 5 nitrogen and oxygen atoms in total. The van der Waals surface area contributed by atoms with Crippen LogP contribution in [0.15, 0.2) is 24.3 Å². The quantitative estimate of drug-likeness (QED) is 0.710. The molecule has 1 rings (SSSR count). The number of para-hydroxylation sites is 2. The van der Waals surface area contributed by atoms with Crippen LogP contribution in [0.4, 0.5) is 5.69 Å². The highest BCUT2D eigenvalue weighted by atomic mass is 32.2. The van der Waals surface area contributed by atoms with Gasteiger partial charge >= 0.3 is 0 Å². The summed E-state index contributed by atoms with van der Waals surface area (Å²) in [7, 11) is 1.56. The van der Waals surface area contributed by atoms with Gasteiger partial charge in [0.1, 0.15) is 5.75 Å². The number of primary amides is 1. The number of hydrogen-bond acceptors (Lipinski definition) is 4. The summed E-state index contributed by atoms with van der Waals surface area (Å²) in [4.78, 5) is 22.2. The predicted molar refractivity (Wildman–Crippen MR) is 77.4 cm³/mol. The maximum atomic E-state index is 11.7. The second-order valence-corrected chi connectivity index (χ2v) is 4.98. The summed E-state index contributed by atoms with van der Waals surface area (Å²) in [6.07, 6.45) is 1.06. The molecular formula is C13H18N2O3S. The lowest BCUT2D eigenvalue weighted by atomic mass is 10.3. The minimum atomic E-state index is -0.306. The summed E-state index contributed by atoms with van der Waals surface area (Å²) in [5.41, 5.74) is 5.69. The Morgan fingerprint density at radius 2 is 2.11 bits per heavy atom. The highest BCUT2D eigenvalue weighted by molar-refractivity contribution is 7.99. The standard InChI is InChI=1S/C13H18N2O3S/c1-18-11-6-3-2-5-10(11)15-13(17)9-19-8-4-7-12(14)16/h2-3,5-6H,4,7-9H2,1H3,(H2,14,16)(H,15,17). The molecule has 0 saturated heterocycles. The Balaban J connectivity index is 2.29. The van der Waals surface area contributed by atoms with Crippen molar-refractivity contribution in [3.8, 4) is 5.75 Å². The van der Waals surface area contributed by atoms with Crippen molar-refractivity contribution in [2.45, 2.75) is 12.8 Å². The van der Waals surface area contributed by atoms with Crippen molar-refractivity contribution in [3.63, 3.8) is 0 Å². The SMILES string of the molecule is COc1ccccc1NC(=O)CSCCCC(N)=O. The molecule has 0 aliphatic carbocycles. The first-order valence-corrected chi connectivity index (χ1v) is 7.08. The second-order valence-electron chi connectivity index (χ2n) is 3.87. The van der Waals surface area contributed by atoms with Crippen LogP contribution >= 0.6 is 11.8 Å². The van der Waals surface area contributed by atoms with Gasteiger partial charge in [-0.15, -0.1) is 0 Å². The van der Waals surface area contributed by atoms with Crippen molar-refractivity contribution in [2.75, 3.05) is 23.9 Å². The van der Waals surface area contributed by atoms with E-state index in [-0.39, 0.29) is 11.8 Å². The average Bonchev–Trinajstić information content (AvgIpc) is 2.38. The minimum Gasteiger partial charge on any atom is -0.495 e. The van der Waals surface area contributed by atoms with Crippen molar-refractivity contribution in [3.05, 3.63) is 24.3 Å². The van der Waals surface area contributed by atoms with Crippen LogP contribution in [0, 0.1) is 0 Å². The van der Waals surface area contributed by atoms with E-state index in [4.69, 9.17) is 10.5 Å². The number of thioether (sulfide) groups is 1. The molecule has 19 heavy (non-hydrogen) atoms. The van der Waals surface area contributed by atoms with Gasteiger partial charge in [-0.25, -0.2) is 0 Å². The first kappa shape index (κ1) is 15.4. The monoisotopic (exact) mass is 282 g/mol. The highest BCUT2D eigenvalue weighted by Gasteiger charge is 2.06. The van der Waals surface area contributed by atoms with Crippen molar-refractivity contribution in [1.29, 1.82) is 0 Å². The number of carbonyl (C=O) groups excluding carboxylic acids is 2. The number of carbonyl (C=O) groups is 2. The summed E-state index contributed by atoms with van der Waals surface area (Å²) in [5.74, 6) is 1.32. The number of anilines is 1. The number of benzene rings is 1. The van der Waals surface area contributed by atoms with E-state index in [0.717, 1.165) is 5.75 Å². The molecule has 0 aliphatic heterocycles. The van der Waals surface area contributed by atoms with Crippen LogP contribution in [0.25, 0.3) is 0 Å². The van der Waals surface area contributed by atoms with Gasteiger partial charge in [0.25, 0.3) is 0 Å². The summed E-state index contributed by atoms with van der Waals surface area (Å²) in [6.45, 7) is 0. The lowest BCUT2D eigenvalue weighted by molar-refractivity contribution is -0.118. The van der Waals surface area contributed by atoms with E-state index in [1.807, 2.05) is 12.1 Å². The number of nitrogens with one attached hydrogen (secondary N) is 1. The van der Waals surface area contributed by atoms with Gasteiger partial charge in [-0.1, -0.05) is 12.1 Å². The third-order valence-corrected chi connectivity index (χ3v) is 3.37. The molecule has 2 amide bonds. The molecule has 0 saturated carbocycles. The van der Waals surface area contributed by atoms with Gasteiger partial charge in [-0.05, 0) is 24.3 Å². The zero-order valence-electron chi connectivity index (χ0n) is 10.8. The maximum absolute atomic E-state index is 11.7. The van der Waals surface area contributed by atoms with E-state index in [0.29, 0.717) is 30.0 Å². The summed E-state index contributed by atoms with van der Waals surface area (Å²) in [5, 5.41) is 2.78. The molecule has 0 bridgehead atoms. The molecule has 0 unspecified atom stereocenters. The van der Waals surface area contributed by atoms with Crippen LogP contribution in [0.5, 0.6) is 5.75 Å². The third kappa shape index (κ3) is 6.15. The van der Waals surface area contributed by atoms with Gasteiger partial charge in [0.15, 0.2) is 0 Å². The van der Waals surface area contributed by atoms with Gasteiger partial charge in [0, 0.05) is 6.42 Å². The zero-order chi connectivity index (χ0) is 14.1. The van der Waals surface area contributed by atoms with E-state index >= 15 is 0 Å². The van der Waals surface area contributed by atoms with E-state index in [9.17, 15) is 9.59 Å². The van der Waals surface area contributed by atoms with Crippen LogP contribution in [0.2, 0.25) is 0 Å². The number of methoxy groups -OCH3 is 1. The highest BCUT2D eigenvalue weighted by Crippen LogP contribution is 2.23. The molecule has 0 aliphatic rings. The normalized spacial score (nSPS) is 9.95. The smallest absolute Gasteiger partial charge is 0.234 e. The second kappa shape index (κ2) is 8.42. The molecule has 0 atom stereocenters.